The number of hydrogen-bond acceptors (Lipinski definition) is 4. The van der Waals surface area contributed by atoms with Crippen LogP contribution < -0.4 is 0 Å². The molecule has 4 atom stereocenters. The summed E-state index contributed by atoms with van der Waals surface area (Å²) in [5, 5.41) is 3.92. The third kappa shape index (κ3) is 1.26. The first-order chi connectivity index (χ1) is 7.59. The maximum atomic E-state index is 11.6. The van der Waals surface area contributed by atoms with Crippen molar-refractivity contribution in [1.82, 2.24) is 10.1 Å². The van der Waals surface area contributed by atoms with Crippen LogP contribution in [0.1, 0.15) is 24.3 Å². The van der Waals surface area contributed by atoms with E-state index in [1.165, 1.54) is 0 Å². The molecule has 16 heavy (non-hydrogen) atoms. The molecule has 4 heteroatoms. The lowest BCUT2D eigenvalue weighted by Gasteiger charge is -2.21. The van der Waals surface area contributed by atoms with E-state index in [1.807, 2.05) is 20.0 Å². The number of nitrogens with zero attached hydrogens (tertiary/aromatic N) is 2. The van der Waals surface area contributed by atoms with Gasteiger partial charge in [-0.05, 0) is 32.7 Å². The van der Waals surface area contributed by atoms with Crippen LogP contribution in [0.15, 0.2) is 10.6 Å². The van der Waals surface area contributed by atoms with Gasteiger partial charge in [-0.1, -0.05) is 5.16 Å². The van der Waals surface area contributed by atoms with Gasteiger partial charge < -0.3 is 4.52 Å². The molecule has 2 heterocycles. The van der Waals surface area contributed by atoms with Gasteiger partial charge >= 0.3 is 0 Å². The minimum atomic E-state index is 0.0837. The summed E-state index contributed by atoms with van der Waals surface area (Å²) in [6.07, 6.45) is 0. The Morgan fingerprint density at radius 1 is 1.62 bits per heavy atom. The van der Waals surface area contributed by atoms with Crippen molar-refractivity contribution in [2.45, 2.75) is 25.8 Å². The number of rotatable bonds is 2. The van der Waals surface area contributed by atoms with Gasteiger partial charge in [-0.2, -0.15) is 0 Å². The van der Waals surface area contributed by atoms with E-state index in [1.54, 1.807) is 6.92 Å². The van der Waals surface area contributed by atoms with E-state index in [0.717, 1.165) is 18.0 Å². The predicted octanol–water partition coefficient (Wildman–Crippen LogP) is 1.22. The molecule has 1 saturated carbocycles. The number of carbonyl (C=O) groups excluding carboxylic acids is 1. The highest BCUT2D eigenvalue weighted by Gasteiger charge is 2.63. The maximum absolute atomic E-state index is 11.6. The number of ketones is 1. The van der Waals surface area contributed by atoms with Gasteiger partial charge in [0, 0.05) is 18.5 Å². The molecule has 0 bridgehead atoms. The molecule has 1 aliphatic heterocycles. The van der Waals surface area contributed by atoms with Crippen LogP contribution in [-0.2, 0) is 4.79 Å². The number of likely N-dealkylation sites (N-methyl/N-ethyl adjacent to an activating group) is 1. The summed E-state index contributed by atoms with van der Waals surface area (Å²) < 4.78 is 5.31. The monoisotopic (exact) mass is 220 g/mol. The fourth-order valence-corrected chi connectivity index (χ4v) is 3.33. The van der Waals surface area contributed by atoms with Gasteiger partial charge in [0.2, 0.25) is 0 Å². The first kappa shape index (κ1) is 10.0. The number of Topliss-reactive ketones (excluding diaryl/α,β-unsaturated/α-hetero) is 1. The Balaban J connectivity index is 1.83. The number of aryl methyl sites for hydroxylation is 1. The van der Waals surface area contributed by atoms with E-state index in [9.17, 15) is 4.79 Å². The quantitative estimate of drug-likeness (QED) is 0.751. The van der Waals surface area contributed by atoms with Crippen LogP contribution in [0, 0.1) is 18.8 Å². The lowest BCUT2D eigenvalue weighted by molar-refractivity contribution is -0.121. The average molecular weight is 220 g/mol. The van der Waals surface area contributed by atoms with Crippen LogP contribution in [0.5, 0.6) is 0 Å². The summed E-state index contributed by atoms with van der Waals surface area (Å²) in [6.45, 7) is 4.61. The molecule has 86 valence electrons. The Kier molecular flexibility index (Phi) is 1.98. The third-order valence-corrected chi connectivity index (χ3v) is 3.96. The summed E-state index contributed by atoms with van der Waals surface area (Å²) >= 11 is 0. The van der Waals surface area contributed by atoms with Crippen LogP contribution in [-0.4, -0.2) is 35.5 Å². The number of hydrogen-bond donors (Lipinski definition) is 0. The van der Waals surface area contributed by atoms with Crippen LogP contribution in [0.3, 0.4) is 0 Å². The second-order valence-corrected chi connectivity index (χ2v) is 5.13. The van der Waals surface area contributed by atoms with Gasteiger partial charge in [-0.15, -0.1) is 0 Å². The average Bonchev–Trinajstić information content (AvgIpc) is 2.58. The van der Waals surface area contributed by atoms with Crippen LogP contribution in [0.2, 0.25) is 0 Å². The van der Waals surface area contributed by atoms with Crippen molar-refractivity contribution in [2.24, 2.45) is 11.8 Å². The summed E-state index contributed by atoms with van der Waals surface area (Å²) in [5.41, 5.74) is 0.924. The highest BCUT2D eigenvalue weighted by Crippen LogP contribution is 2.60. The minimum Gasteiger partial charge on any atom is -0.361 e. The first-order valence-electron chi connectivity index (χ1n) is 5.73. The lowest BCUT2D eigenvalue weighted by atomic mass is 10.1. The molecule has 4 nitrogen and oxygen atoms in total. The van der Waals surface area contributed by atoms with Crippen molar-refractivity contribution in [3.05, 3.63) is 17.5 Å². The van der Waals surface area contributed by atoms with Crippen molar-refractivity contribution >= 4 is 5.78 Å². The second kappa shape index (κ2) is 3.17. The highest BCUT2D eigenvalue weighted by molar-refractivity contribution is 5.83. The molecule has 0 radical (unpaired) electrons. The van der Waals surface area contributed by atoms with Gasteiger partial charge in [-0.25, -0.2) is 0 Å². The van der Waals surface area contributed by atoms with E-state index in [2.05, 4.69) is 10.1 Å². The standard InChI is InChI=1S/C12H16N2O2/c1-6-4-9(16-13-6)10-8-5-14(3)12(7(2)15)11(8)10/h4,8,10-12H,5H2,1-3H3/t8-,10?,11-,12-/m1/s1. The Bertz CT molecular complexity index is 440. The van der Waals surface area contributed by atoms with Crippen molar-refractivity contribution in [1.29, 1.82) is 0 Å². The molecular weight excluding hydrogens is 204 g/mol. The fourth-order valence-electron chi connectivity index (χ4n) is 3.33. The molecule has 2 aliphatic rings. The zero-order valence-corrected chi connectivity index (χ0v) is 9.80. The molecule has 2 fully saturated rings. The Labute approximate surface area is 94.6 Å². The Hall–Kier alpha value is -1.16. The molecule has 3 rings (SSSR count). The van der Waals surface area contributed by atoms with Crippen LogP contribution >= 0.6 is 0 Å². The zero-order chi connectivity index (χ0) is 11.4. The lowest BCUT2D eigenvalue weighted by Crippen LogP contribution is -2.36. The molecule has 0 amide bonds. The summed E-state index contributed by atoms with van der Waals surface area (Å²) in [7, 11) is 2.03. The minimum absolute atomic E-state index is 0.0837. The number of fused-ring (bicyclic) bond motifs is 1. The second-order valence-electron chi connectivity index (χ2n) is 5.13. The largest absolute Gasteiger partial charge is 0.361 e. The Morgan fingerprint density at radius 3 is 2.94 bits per heavy atom. The number of aromatic nitrogens is 1. The smallest absolute Gasteiger partial charge is 0.147 e. The molecular formula is C12H16N2O2. The van der Waals surface area contributed by atoms with Gasteiger partial charge in [0.25, 0.3) is 0 Å². The maximum Gasteiger partial charge on any atom is 0.147 e. The molecule has 0 spiro atoms. The number of piperidine rings is 1. The molecule has 0 aromatic carbocycles. The van der Waals surface area contributed by atoms with E-state index < -0.39 is 0 Å². The van der Waals surface area contributed by atoms with E-state index in [0.29, 0.717) is 17.8 Å². The normalized spacial score (nSPS) is 37.4. The zero-order valence-electron chi connectivity index (χ0n) is 9.80. The van der Waals surface area contributed by atoms with Crippen molar-refractivity contribution in [3.8, 4) is 0 Å². The van der Waals surface area contributed by atoms with Gasteiger partial charge in [0.15, 0.2) is 0 Å². The number of likely N-dealkylation sites (tertiary alicyclic amines) is 1. The topological polar surface area (TPSA) is 46.3 Å². The molecule has 1 aromatic rings. The van der Waals surface area contributed by atoms with Crippen LogP contribution in [0.25, 0.3) is 0 Å². The molecule has 1 aromatic heterocycles. The van der Waals surface area contributed by atoms with E-state index in [4.69, 9.17) is 4.52 Å². The SMILES string of the molecule is CC(=O)[C@@H]1[C@H]2C(c3cc(C)no3)[C@H]2CN1C. The summed E-state index contributed by atoms with van der Waals surface area (Å²) in [4.78, 5) is 13.8. The molecule has 1 unspecified atom stereocenters. The predicted molar refractivity (Wildman–Crippen MR) is 58.1 cm³/mol. The molecule has 1 saturated heterocycles. The highest BCUT2D eigenvalue weighted by atomic mass is 16.5. The molecule has 0 N–H and O–H groups in total. The van der Waals surface area contributed by atoms with Gasteiger partial charge in [-0.3, -0.25) is 9.69 Å². The molecule has 1 aliphatic carbocycles. The third-order valence-electron chi connectivity index (χ3n) is 3.96. The number of carbonyl (C=O) groups is 1. The van der Waals surface area contributed by atoms with Crippen molar-refractivity contribution in [2.75, 3.05) is 13.6 Å². The fraction of sp³-hybridized carbons (Fsp3) is 0.667. The van der Waals surface area contributed by atoms with Crippen molar-refractivity contribution < 1.29 is 9.32 Å². The van der Waals surface area contributed by atoms with E-state index >= 15 is 0 Å². The van der Waals surface area contributed by atoms with Crippen LogP contribution in [0.4, 0.5) is 0 Å². The first-order valence-corrected chi connectivity index (χ1v) is 5.73. The summed E-state index contributed by atoms with van der Waals surface area (Å²) in [6, 6.07) is 2.08. The van der Waals surface area contributed by atoms with E-state index in [-0.39, 0.29) is 11.8 Å². The summed E-state index contributed by atoms with van der Waals surface area (Å²) in [5.74, 6) is 2.70. The Morgan fingerprint density at radius 2 is 2.38 bits per heavy atom. The van der Waals surface area contributed by atoms with Gasteiger partial charge in [0.1, 0.15) is 11.5 Å². The van der Waals surface area contributed by atoms with Gasteiger partial charge in [0.05, 0.1) is 11.7 Å². The van der Waals surface area contributed by atoms with Crippen molar-refractivity contribution in [3.63, 3.8) is 0 Å².